The van der Waals surface area contributed by atoms with E-state index in [2.05, 4.69) is 83.7 Å². The predicted molar refractivity (Wildman–Crippen MR) is 164 cm³/mol. The van der Waals surface area contributed by atoms with Crippen LogP contribution >= 0.6 is 0 Å². The molecule has 2 aromatic carbocycles. The molecule has 0 aliphatic carbocycles. The maximum atomic E-state index is 13.6. The average molecular weight is 532 g/mol. The number of aromatic amines is 2. The van der Waals surface area contributed by atoms with Crippen LogP contribution < -0.4 is 5.32 Å². The van der Waals surface area contributed by atoms with Gasteiger partial charge in [-0.05, 0) is 71.9 Å². The van der Waals surface area contributed by atoms with Crippen LogP contribution in [0, 0.1) is 18.2 Å². The third-order valence-corrected chi connectivity index (χ3v) is 6.70. The Kier molecular flexibility index (Phi) is 7.26. The molecule has 0 radical (unpaired) electrons. The van der Waals surface area contributed by atoms with Crippen molar-refractivity contribution in [1.82, 2.24) is 20.2 Å². The first kappa shape index (κ1) is 26.9. The van der Waals surface area contributed by atoms with Gasteiger partial charge in [0.15, 0.2) is 0 Å². The lowest BCUT2D eigenvalue weighted by Crippen LogP contribution is -2.10. The lowest BCUT2D eigenvalue weighted by molar-refractivity contribution is 0.411. The van der Waals surface area contributed by atoms with Gasteiger partial charge in [-0.3, -0.25) is 10.1 Å². The molecular formula is C34H34FN5. The van der Waals surface area contributed by atoms with E-state index in [1.54, 1.807) is 18.2 Å². The number of aryl methyl sites for hydroxylation is 1. The molecule has 202 valence electrons. The summed E-state index contributed by atoms with van der Waals surface area (Å²) < 4.78 is 13.6. The summed E-state index contributed by atoms with van der Waals surface area (Å²) in [5.41, 5.74) is 10.6. The Morgan fingerprint density at radius 3 is 2.52 bits per heavy atom. The molecule has 0 saturated carbocycles. The number of pyridine rings is 1. The summed E-state index contributed by atoms with van der Waals surface area (Å²) in [7, 11) is 0. The van der Waals surface area contributed by atoms with Gasteiger partial charge in [-0.25, -0.2) is 4.39 Å². The highest BCUT2D eigenvalue weighted by atomic mass is 19.1. The molecule has 0 bridgehead atoms. The number of nitrogens with zero attached hydrogens (tertiary/aromatic N) is 2. The number of anilines is 1. The Labute approximate surface area is 234 Å². The largest absolute Gasteiger partial charge is 0.358 e. The summed E-state index contributed by atoms with van der Waals surface area (Å²) in [4.78, 5) is 7.98. The fourth-order valence-corrected chi connectivity index (χ4v) is 5.01. The van der Waals surface area contributed by atoms with Crippen LogP contribution in [-0.4, -0.2) is 20.2 Å². The van der Waals surface area contributed by atoms with Crippen molar-refractivity contribution < 1.29 is 4.39 Å². The first-order valence-electron chi connectivity index (χ1n) is 13.3. The van der Waals surface area contributed by atoms with Crippen LogP contribution in [0.3, 0.4) is 0 Å². The first-order valence-corrected chi connectivity index (χ1v) is 13.3. The number of hydrogen-bond acceptors (Lipinski definition) is 3. The normalized spacial score (nSPS) is 12.1. The minimum absolute atomic E-state index is 0.148. The summed E-state index contributed by atoms with van der Waals surface area (Å²) in [6, 6.07) is 16.9. The number of fused-ring (bicyclic) bond motifs is 1. The Morgan fingerprint density at radius 1 is 1.02 bits per heavy atom. The van der Waals surface area contributed by atoms with Crippen molar-refractivity contribution in [3.8, 4) is 22.5 Å². The molecule has 0 atom stereocenters. The maximum absolute atomic E-state index is 13.6. The van der Waals surface area contributed by atoms with Crippen LogP contribution in [0.25, 0.3) is 39.0 Å². The van der Waals surface area contributed by atoms with E-state index >= 15 is 0 Å². The van der Waals surface area contributed by atoms with Crippen LogP contribution in [0.2, 0.25) is 0 Å². The zero-order chi connectivity index (χ0) is 28.4. The van der Waals surface area contributed by atoms with Crippen molar-refractivity contribution in [2.75, 3.05) is 5.32 Å². The fourth-order valence-electron chi connectivity index (χ4n) is 5.01. The van der Waals surface area contributed by atoms with E-state index in [1.165, 1.54) is 12.1 Å². The number of halogens is 1. The summed E-state index contributed by atoms with van der Waals surface area (Å²) in [6.45, 7) is 16.7. The van der Waals surface area contributed by atoms with Crippen LogP contribution in [0.15, 0.2) is 98.0 Å². The number of H-pyrrole nitrogens is 2. The Hall–Kier alpha value is -4.71. The second-order valence-corrected chi connectivity index (χ2v) is 11.3. The second-order valence-electron chi connectivity index (χ2n) is 11.3. The van der Waals surface area contributed by atoms with Gasteiger partial charge in [0.25, 0.3) is 0 Å². The first-order chi connectivity index (χ1) is 19.1. The van der Waals surface area contributed by atoms with Gasteiger partial charge in [0.05, 0.1) is 23.1 Å². The van der Waals surface area contributed by atoms with Crippen molar-refractivity contribution >= 4 is 22.2 Å². The van der Waals surface area contributed by atoms with Crippen molar-refractivity contribution in [1.29, 1.82) is 0 Å². The van der Waals surface area contributed by atoms with Crippen LogP contribution in [0.1, 0.15) is 44.0 Å². The lowest BCUT2D eigenvalue weighted by atomic mass is 9.91. The summed E-state index contributed by atoms with van der Waals surface area (Å²) in [5.74, 6) is -0.265. The molecule has 0 aliphatic heterocycles. The quantitative estimate of drug-likeness (QED) is 0.175. The van der Waals surface area contributed by atoms with Gasteiger partial charge in [-0.15, -0.1) is 0 Å². The molecule has 0 aliphatic rings. The number of hydrogen-bond donors (Lipinski definition) is 3. The third kappa shape index (κ3) is 5.81. The van der Waals surface area contributed by atoms with Gasteiger partial charge in [-0.2, -0.15) is 5.10 Å². The highest BCUT2D eigenvalue weighted by Gasteiger charge is 2.17. The van der Waals surface area contributed by atoms with Gasteiger partial charge in [0, 0.05) is 34.1 Å². The molecule has 0 spiro atoms. The van der Waals surface area contributed by atoms with Crippen molar-refractivity contribution in [3.63, 3.8) is 0 Å². The van der Waals surface area contributed by atoms with Gasteiger partial charge in [0.2, 0.25) is 0 Å². The number of allylic oxidation sites excluding steroid dienone is 3. The van der Waals surface area contributed by atoms with Crippen LogP contribution in [0.4, 0.5) is 10.1 Å². The van der Waals surface area contributed by atoms with E-state index in [0.717, 1.165) is 73.6 Å². The molecule has 40 heavy (non-hydrogen) atoms. The van der Waals surface area contributed by atoms with Crippen LogP contribution in [-0.2, 0) is 0 Å². The summed E-state index contributed by atoms with van der Waals surface area (Å²) in [5, 5.41) is 12.2. The Balaban J connectivity index is 1.49. The number of rotatable bonds is 8. The molecule has 5 nitrogen and oxygen atoms in total. The SMILES string of the molecule is C=C/C=C(/c1ccc(F)cc1)c1cc(-c2n[nH]c3ccc(-c4cncc(NC(=C)CC(C)(C)C)c4)cc23)[nH]c1C. The van der Waals surface area contributed by atoms with Crippen molar-refractivity contribution in [2.24, 2.45) is 5.41 Å². The Morgan fingerprint density at radius 2 is 1.80 bits per heavy atom. The molecule has 3 aromatic heterocycles. The van der Waals surface area contributed by atoms with Gasteiger partial charge < -0.3 is 10.3 Å². The summed E-state index contributed by atoms with van der Waals surface area (Å²) >= 11 is 0. The van der Waals surface area contributed by atoms with Gasteiger partial charge in [0.1, 0.15) is 11.5 Å². The predicted octanol–water partition coefficient (Wildman–Crippen LogP) is 9.05. The molecule has 0 saturated heterocycles. The monoisotopic (exact) mass is 531 g/mol. The third-order valence-electron chi connectivity index (χ3n) is 6.70. The van der Waals surface area contributed by atoms with E-state index < -0.39 is 0 Å². The maximum Gasteiger partial charge on any atom is 0.123 e. The average Bonchev–Trinajstić information content (AvgIpc) is 3.49. The minimum Gasteiger partial charge on any atom is -0.358 e. The van der Waals surface area contributed by atoms with E-state index in [-0.39, 0.29) is 11.2 Å². The number of aromatic nitrogens is 4. The van der Waals surface area contributed by atoms with E-state index in [1.807, 2.05) is 31.5 Å². The molecular weight excluding hydrogens is 497 g/mol. The smallest absolute Gasteiger partial charge is 0.123 e. The number of benzene rings is 2. The highest BCUT2D eigenvalue weighted by molar-refractivity contribution is 5.96. The van der Waals surface area contributed by atoms with E-state index in [9.17, 15) is 4.39 Å². The van der Waals surface area contributed by atoms with Crippen molar-refractivity contribution in [2.45, 2.75) is 34.1 Å². The molecule has 3 N–H and O–H groups in total. The van der Waals surface area contributed by atoms with Gasteiger partial charge >= 0.3 is 0 Å². The number of nitrogens with one attached hydrogen (secondary N) is 3. The lowest BCUT2D eigenvalue weighted by Gasteiger charge is -2.20. The minimum atomic E-state index is -0.265. The van der Waals surface area contributed by atoms with E-state index in [0.29, 0.717) is 0 Å². The molecule has 0 unspecified atom stereocenters. The molecule has 0 amide bonds. The summed E-state index contributed by atoms with van der Waals surface area (Å²) in [6.07, 6.45) is 8.24. The van der Waals surface area contributed by atoms with Crippen LogP contribution in [0.5, 0.6) is 0 Å². The topological polar surface area (TPSA) is 69.4 Å². The van der Waals surface area contributed by atoms with Gasteiger partial charge in [-0.1, -0.05) is 64.3 Å². The molecule has 6 heteroatoms. The van der Waals surface area contributed by atoms with Crippen molar-refractivity contribution in [3.05, 3.63) is 121 Å². The Bertz CT molecular complexity index is 1730. The zero-order valence-electron chi connectivity index (χ0n) is 23.4. The molecule has 5 aromatic rings. The highest BCUT2D eigenvalue weighted by Crippen LogP contribution is 2.35. The molecule has 3 heterocycles. The van der Waals surface area contributed by atoms with E-state index in [4.69, 9.17) is 0 Å². The standard InChI is InChI=1S/C34H34FN5/c1-7-8-28(23-9-12-26(35)13-10-23)29-17-32(38-22(29)3)33-30-16-24(11-14-31(30)39-40-33)25-15-27(20-36-19-25)37-21(2)18-34(4,5)6/h7-17,19-20,37-38H,1-2,18H2,3-6H3,(H,39,40)/b28-8-. The molecule has 0 fully saturated rings. The second kappa shape index (κ2) is 10.8. The molecule has 5 rings (SSSR count). The zero-order valence-corrected chi connectivity index (χ0v) is 23.4. The fraction of sp³-hybridized carbons (Fsp3) is 0.176.